The molecule has 0 aliphatic carbocycles. The van der Waals surface area contributed by atoms with Gasteiger partial charge in [-0.25, -0.2) is 4.98 Å². The molecule has 196 valence electrons. The molecule has 0 unspecified atom stereocenters. The molecule has 4 N–H and O–H groups in total. The van der Waals surface area contributed by atoms with Gasteiger partial charge in [-0.3, -0.25) is 9.69 Å². The number of carbonyl (C=O) groups excluding carboxylic acids is 1. The van der Waals surface area contributed by atoms with Crippen LogP contribution >= 0.6 is 0 Å². The van der Waals surface area contributed by atoms with Gasteiger partial charge in [-0.2, -0.15) is 0 Å². The van der Waals surface area contributed by atoms with Crippen LogP contribution < -0.4 is 15.8 Å². The van der Waals surface area contributed by atoms with Crippen molar-refractivity contribution in [2.75, 3.05) is 18.4 Å². The van der Waals surface area contributed by atoms with Crippen LogP contribution in [0.1, 0.15) is 40.0 Å². The highest BCUT2D eigenvalue weighted by atomic mass is 16.5. The summed E-state index contributed by atoms with van der Waals surface area (Å²) in [7, 11) is 0. The highest BCUT2D eigenvalue weighted by molar-refractivity contribution is 6.04. The molecule has 8 heteroatoms. The molecule has 0 bridgehead atoms. The summed E-state index contributed by atoms with van der Waals surface area (Å²) in [5.74, 6) is 0.959. The molecule has 1 atom stereocenters. The first-order valence-electron chi connectivity index (χ1n) is 12.9. The van der Waals surface area contributed by atoms with Crippen molar-refractivity contribution < 1.29 is 14.6 Å². The van der Waals surface area contributed by atoms with Crippen LogP contribution in [0.2, 0.25) is 0 Å². The number of hydrogen-bond donors (Lipinski definition) is 3. The van der Waals surface area contributed by atoms with E-state index in [2.05, 4.69) is 21.3 Å². The normalized spacial score (nSPS) is 15.8. The monoisotopic (exact) mass is 511 g/mol. The van der Waals surface area contributed by atoms with Crippen LogP contribution in [0.4, 0.5) is 5.69 Å². The first-order valence-corrected chi connectivity index (χ1v) is 12.9. The predicted octanol–water partition coefficient (Wildman–Crippen LogP) is 4.64. The van der Waals surface area contributed by atoms with Crippen molar-refractivity contribution in [1.82, 2.24) is 14.5 Å². The van der Waals surface area contributed by atoms with E-state index in [9.17, 15) is 9.90 Å². The van der Waals surface area contributed by atoms with Crippen molar-refractivity contribution >= 4 is 11.6 Å². The summed E-state index contributed by atoms with van der Waals surface area (Å²) >= 11 is 0. The van der Waals surface area contributed by atoms with E-state index in [-0.39, 0.29) is 18.6 Å². The number of aliphatic hydroxyl groups is 1. The van der Waals surface area contributed by atoms with Gasteiger partial charge in [-0.05, 0) is 86.0 Å². The fourth-order valence-corrected chi connectivity index (χ4v) is 4.75. The summed E-state index contributed by atoms with van der Waals surface area (Å²) in [4.78, 5) is 20.0. The molecule has 0 saturated carbocycles. The number of likely N-dealkylation sites (tertiary alicyclic amines) is 1. The van der Waals surface area contributed by atoms with Crippen molar-refractivity contribution in [3.63, 3.8) is 0 Å². The number of aryl methyl sites for hydroxylation is 1. The lowest BCUT2D eigenvalue weighted by atomic mass is 10.1. The average molecular weight is 512 g/mol. The second-order valence-corrected chi connectivity index (χ2v) is 9.83. The fraction of sp³-hybridized carbons (Fsp3) is 0.267. The molecular weight excluding hydrogens is 478 g/mol. The SMILES string of the molecule is Cc1cn(-c2cc(CN3CCC[C@H](N)C3)cc(NC(=O)c3cccc(Oc4ccc(CO)cc4)c3)c2)cn1. The first kappa shape index (κ1) is 25.7. The Kier molecular flexibility index (Phi) is 7.83. The van der Waals surface area contributed by atoms with Gasteiger partial charge in [0.25, 0.3) is 5.91 Å². The lowest BCUT2D eigenvalue weighted by Gasteiger charge is -2.30. The van der Waals surface area contributed by atoms with E-state index in [1.165, 1.54) is 0 Å². The molecule has 0 radical (unpaired) electrons. The number of nitrogens with zero attached hydrogens (tertiary/aromatic N) is 3. The molecule has 1 amide bonds. The second-order valence-electron chi connectivity index (χ2n) is 9.83. The summed E-state index contributed by atoms with van der Waals surface area (Å²) in [6.07, 6.45) is 5.90. The van der Waals surface area contributed by atoms with Gasteiger partial charge in [0, 0.05) is 42.3 Å². The Morgan fingerprint density at radius 3 is 2.68 bits per heavy atom. The first-order chi connectivity index (χ1) is 18.4. The van der Waals surface area contributed by atoms with Crippen LogP contribution in [0, 0.1) is 6.92 Å². The van der Waals surface area contributed by atoms with Crippen LogP contribution in [0.3, 0.4) is 0 Å². The van der Waals surface area contributed by atoms with Gasteiger partial charge < -0.3 is 25.5 Å². The molecular formula is C30H33N5O3. The Morgan fingerprint density at radius 2 is 1.95 bits per heavy atom. The standard InChI is InChI=1S/C30H33N5O3/c1-21-16-35(20-32-21)27-13-23(17-34-11-3-5-25(31)18-34)12-26(15-27)33-30(37)24-4-2-6-29(14-24)38-28-9-7-22(19-36)8-10-28/h2,4,6-10,12-16,20,25,36H,3,5,11,17-19,31H2,1H3,(H,33,37)/t25-/m0/s1. The van der Waals surface area contributed by atoms with Crippen LogP contribution in [-0.4, -0.2) is 44.6 Å². The second kappa shape index (κ2) is 11.6. The van der Waals surface area contributed by atoms with Gasteiger partial charge in [-0.15, -0.1) is 0 Å². The largest absolute Gasteiger partial charge is 0.457 e. The molecule has 1 aliphatic heterocycles. The highest BCUT2D eigenvalue weighted by Crippen LogP contribution is 2.25. The molecule has 2 heterocycles. The van der Waals surface area contributed by atoms with Crippen LogP contribution in [-0.2, 0) is 13.2 Å². The van der Waals surface area contributed by atoms with Gasteiger partial charge >= 0.3 is 0 Å². The van der Waals surface area contributed by atoms with Crippen molar-refractivity contribution in [2.24, 2.45) is 5.73 Å². The number of aliphatic hydroxyl groups excluding tert-OH is 1. The average Bonchev–Trinajstić information content (AvgIpc) is 3.35. The Labute approximate surface area is 222 Å². The Morgan fingerprint density at radius 1 is 1.11 bits per heavy atom. The topological polar surface area (TPSA) is 106 Å². The van der Waals surface area contributed by atoms with Gasteiger partial charge in [0.1, 0.15) is 11.5 Å². The predicted molar refractivity (Wildman–Crippen MR) is 148 cm³/mol. The molecule has 1 aromatic heterocycles. The van der Waals surface area contributed by atoms with Gasteiger partial charge in [0.15, 0.2) is 0 Å². The molecule has 1 fully saturated rings. The zero-order valence-electron chi connectivity index (χ0n) is 21.5. The number of ether oxygens (including phenoxy) is 1. The fourth-order valence-electron chi connectivity index (χ4n) is 4.75. The van der Waals surface area contributed by atoms with Crippen molar-refractivity contribution in [3.05, 3.63) is 102 Å². The van der Waals surface area contributed by atoms with Crippen molar-refractivity contribution in [1.29, 1.82) is 0 Å². The molecule has 5 rings (SSSR count). The summed E-state index contributed by atoms with van der Waals surface area (Å²) in [6, 6.07) is 20.6. The molecule has 0 spiro atoms. The number of hydrogen-bond acceptors (Lipinski definition) is 6. The Hall–Kier alpha value is -3.98. The number of anilines is 1. The molecule has 1 saturated heterocycles. The maximum Gasteiger partial charge on any atom is 0.255 e. The maximum atomic E-state index is 13.3. The molecule has 4 aromatic rings. The number of nitrogens with two attached hydrogens (primary N) is 1. The van der Waals surface area contributed by atoms with E-state index in [1.54, 1.807) is 54.9 Å². The number of benzene rings is 3. The van der Waals surface area contributed by atoms with E-state index < -0.39 is 0 Å². The number of nitrogens with one attached hydrogen (secondary N) is 1. The summed E-state index contributed by atoms with van der Waals surface area (Å²) in [6.45, 7) is 4.57. The van der Waals surface area contributed by atoms with E-state index in [4.69, 9.17) is 10.5 Å². The van der Waals surface area contributed by atoms with Crippen LogP contribution in [0.15, 0.2) is 79.3 Å². The zero-order chi connectivity index (χ0) is 26.5. The quantitative estimate of drug-likeness (QED) is 0.318. The molecule has 1 aliphatic rings. The number of piperidine rings is 1. The third-order valence-corrected chi connectivity index (χ3v) is 6.63. The Bertz CT molecular complexity index is 1400. The Balaban J connectivity index is 1.35. The number of aromatic nitrogens is 2. The lowest BCUT2D eigenvalue weighted by Crippen LogP contribution is -2.42. The van der Waals surface area contributed by atoms with E-state index in [0.717, 1.165) is 55.0 Å². The van der Waals surface area contributed by atoms with Gasteiger partial charge in [0.05, 0.1) is 18.6 Å². The summed E-state index contributed by atoms with van der Waals surface area (Å²) < 4.78 is 7.89. The number of amides is 1. The molecule has 8 nitrogen and oxygen atoms in total. The number of imidazole rings is 1. The van der Waals surface area contributed by atoms with Gasteiger partial charge in [-0.1, -0.05) is 18.2 Å². The maximum absolute atomic E-state index is 13.3. The number of carbonyl (C=O) groups is 1. The number of rotatable bonds is 8. The van der Waals surface area contributed by atoms with E-state index >= 15 is 0 Å². The van der Waals surface area contributed by atoms with Crippen LogP contribution in [0.25, 0.3) is 5.69 Å². The summed E-state index contributed by atoms with van der Waals surface area (Å²) in [5.41, 5.74) is 11.2. The third-order valence-electron chi connectivity index (χ3n) is 6.63. The van der Waals surface area contributed by atoms with E-state index in [1.807, 2.05) is 29.8 Å². The highest BCUT2D eigenvalue weighted by Gasteiger charge is 2.18. The molecule has 3 aromatic carbocycles. The smallest absolute Gasteiger partial charge is 0.255 e. The van der Waals surface area contributed by atoms with Crippen molar-refractivity contribution in [3.8, 4) is 17.2 Å². The minimum Gasteiger partial charge on any atom is -0.457 e. The lowest BCUT2D eigenvalue weighted by molar-refractivity contribution is 0.102. The van der Waals surface area contributed by atoms with Crippen molar-refractivity contribution in [2.45, 2.75) is 39.0 Å². The minimum absolute atomic E-state index is 0.0229. The van der Waals surface area contributed by atoms with Gasteiger partial charge in [0.2, 0.25) is 0 Å². The minimum atomic E-state index is -0.226. The van der Waals surface area contributed by atoms with Crippen LogP contribution in [0.5, 0.6) is 11.5 Å². The summed E-state index contributed by atoms with van der Waals surface area (Å²) in [5, 5.41) is 12.3. The third kappa shape index (κ3) is 6.47. The molecule has 38 heavy (non-hydrogen) atoms. The zero-order valence-corrected chi connectivity index (χ0v) is 21.5. The van der Waals surface area contributed by atoms with E-state index in [0.29, 0.717) is 22.7 Å².